The van der Waals surface area contributed by atoms with Gasteiger partial charge in [-0.25, -0.2) is 4.79 Å². The second-order valence-electron chi connectivity index (χ2n) is 19.2. The fraction of sp³-hybridized carbons (Fsp3) is 0.583. The highest BCUT2D eigenvalue weighted by Gasteiger charge is 2.54. The zero-order chi connectivity index (χ0) is 48.1. The summed E-state index contributed by atoms with van der Waals surface area (Å²) in [5.41, 5.74) is -1.48. The molecule has 4 aliphatic heterocycles. The summed E-state index contributed by atoms with van der Waals surface area (Å²) in [6.45, 7) is 18.8. The summed E-state index contributed by atoms with van der Waals surface area (Å²) < 4.78 is 29.6. The van der Waals surface area contributed by atoms with E-state index in [0.29, 0.717) is 25.9 Å². The van der Waals surface area contributed by atoms with Gasteiger partial charge in [-0.05, 0) is 53.5 Å². The molecule has 0 radical (unpaired) electrons. The molecule has 5 N–H and O–H groups in total. The maximum Gasteiger partial charge on any atom is 0.410 e. The largest absolute Gasteiger partial charge is 0.507 e. The Labute approximate surface area is 379 Å². The number of fused-ring (bicyclic) bond motifs is 3. The van der Waals surface area contributed by atoms with Crippen LogP contribution >= 0.6 is 0 Å². The van der Waals surface area contributed by atoms with Crippen LogP contribution in [0.15, 0.2) is 52.5 Å². The number of aliphatic hydroxyl groups is 2. The molecule has 1 aromatic rings. The van der Waals surface area contributed by atoms with Crippen LogP contribution < -0.4 is 15.4 Å². The van der Waals surface area contributed by atoms with E-state index in [2.05, 4.69) is 10.6 Å². The third kappa shape index (κ3) is 9.45. The summed E-state index contributed by atoms with van der Waals surface area (Å²) in [5, 5.41) is 41.0. The predicted molar refractivity (Wildman–Crippen MR) is 238 cm³/mol. The number of likely N-dealkylation sites (tertiary alicyclic amines) is 1. The fourth-order valence-electron chi connectivity index (χ4n) is 9.24. The van der Waals surface area contributed by atoms with E-state index >= 15 is 0 Å². The lowest BCUT2D eigenvalue weighted by molar-refractivity contribution is -0.160. The molecule has 0 saturated carbocycles. The molecule has 1 aromatic carbocycles. The Morgan fingerprint density at radius 2 is 1.60 bits per heavy atom. The molecule has 9 atom stereocenters. The van der Waals surface area contributed by atoms with E-state index in [0.717, 1.165) is 0 Å². The summed E-state index contributed by atoms with van der Waals surface area (Å²) in [6.07, 6.45) is 3.96. The molecule has 5 aliphatic rings. The minimum atomic E-state index is -2.03. The molecule has 4 heterocycles. The van der Waals surface area contributed by atoms with Crippen molar-refractivity contribution in [2.24, 2.45) is 28.7 Å². The molecule has 2 amide bonds. The third-order valence-corrected chi connectivity index (χ3v) is 13.3. The van der Waals surface area contributed by atoms with Gasteiger partial charge in [-0.2, -0.15) is 0 Å². The molecule has 1 spiro atoms. The smallest absolute Gasteiger partial charge is 0.410 e. The van der Waals surface area contributed by atoms with Crippen LogP contribution in [0.5, 0.6) is 11.5 Å². The van der Waals surface area contributed by atoms with Gasteiger partial charge in [-0.3, -0.25) is 24.2 Å². The zero-order valence-electron chi connectivity index (χ0n) is 39.4. The number of amides is 2. The number of piperidine rings is 1. The molecular weight excluding hydrogens is 841 g/mol. The van der Waals surface area contributed by atoms with Crippen molar-refractivity contribution in [2.75, 3.05) is 26.7 Å². The third-order valence-electron chi connectivity index (χ3n) is 13.3. The molecule has 0 aromatic heterocycles. The number of carbonyl (C=O) groups excluding carboxylic acids is 5. The van der Waals surface area contributed by atoms with Gasteiger partial charge in [0.05, 0.1) is 52.6 Å². The van der Waals surface area contributed by atoms with E-state index in [1.807, 2.05) is 0 Å². The van der Waals surface area contributed by atoms with Gasteiger partial charge < -0.3 is 54.5 Å². The van der Waals surface area contributed by atoms with Gasteiger partial charge in [-0.15, -0.1) is 0 Å². The topological polar surface area (TPSA) is 232 Å². The van der Waals surface area contributed by atoms with Gasteiger partial charge >= 0.3 is 17.8 Å². The Kier molecular flexibility index (Phi) is 13.8. The van der Waals surface area contributed by atoms with E-state index in [-0.39, 0.29) is 57.2 Å². The first-order valence-corrected chi connectivity index (χ1v) is 22.2. The summed E-state index contributed by atoms with van der Waals surface area (Å²) in [5.74, 6) is -7.72. The minimum absolute atomic E-state index is 0.00939. The maximum absolute atomic E-state index is 14.8. The van der Waals surface area contributed by atoms with Crippen LogP contribution in [0, 0.1) is 30.6 Å². The number of esters is 1. The number of methoxy groups -OCH3 is 1. The molecule has 17 nitrogen and oxygen atoms in total. The number of ketones is 2. The van der Waals surface area contributed by atoms with Gasteiger partial charge in [0.15, 0.2) is 0 Å². The van der Waals surface area contributed by atoms with Crippen molar-refractivity contribution < 1.29 is 63.0 Å². The van der Waals surface area contributed by atoms with Crippen molar-refractivity contribution in [3.63, 3.8) is 0 Å². The van der Waals surface area contributed by atoms with E-state index in [1.54, 1.807) is 72.4 Å². The van der Waals surface area contributed by atoms with Crippen molar-refractivity contribution in [1.82, 2.24) is 15.5 Å². The Morgan fingerprint density at radius 3 is 2.22 bits per heavy atom. The van der Waals surface area contributed by atoms with Crippen LogP contribution in [0.4, 0.5) is 4.79 Å². The number of nitrogens with zero attached hydrogens (tertiary/aromatic N) is 2. The van der Waals surface area contributed by atoms with Crippen LogP contribution in [0.1, 0.15) is 114 Å². The van der Waals surface area contributed by atoms with Crippen molar-refractivity contribution in [3.8, 4) is 11.5 Å². The Bertz CT molecular complexity index is 2280. The number of phenolic OH excluding ortho intramolecular Hbond substituents is 1. The number of carbonyl (C=O) groups is 5. The van der Waals surface area contributed by atoms with Gasteiger partial charge in [0.1, 0.15) is 28.9 Å². The average Bonchev–Trinajstić information content (AvgIpc) is 3.51. The lowest BCUT2D eigenvalue weighted by Crippen LogP contribution is -2.55. The average molecular weight is 905 g/mol. The van der Waals surface area contributed by atoms with E-state index < -0.39 is 100 Å². The molecule has 1 fully saturated rings. The molecule has 1 aliphatic carbocycles. The van der Waals surface area contributed by atoms with E-state index in [4.69, 9.17) is 28.7 Å². The first-order chi connectivity index (χ1) is 30.3. The van der Waals surface area contributed by atoms with Crippen LogP contribution in [0.25, 0.3) is 0 Å². The highest BCUT2D eigenvalue weighted by Crippen LogP contribution is 2.50. The van der Waals surface area contributed by atoms with Crippen molar-refractivity contribution in [2.45, 2.75) is 130 Å². The second kappa shape index (κ2) is 18.4. The number of benzene rings is 1. The quantitative estimate of drug-likeness (QED) is 0.248. The maximum atomic E-state index is 14.8. The molecule has 1 saturated heterocycles. The normalized spacial score (nSPS) is 32.5. The number of allylic oxidation sites excluding steroid dienone is 4. The molecule has 0 unspecified atom stereocenters. The molecule has 17 heteroatoms. The summed E-state index contributed by atoms with van der Waals surface area (Å²) >= 11 is 0. The molecule has 6 rings (SSSR count). The van der Waals surface area contributed by atoms with E-state index in [1.165, 1.54) is 46.3 Å². The summed E-state index contributed by atoms with van der Waals surface area (Å²) in [7, 11) is 1.45. The number of Topliss-reactive ketones (excluding diaryl/α,β-unsaturated/α-hetero) is 2. The van der Waals surface area contributed by atoms with Crippen molar-refractivity contribution in [1.29, 1.82) is 0 Å². The molecule has 5 bridgehead atoms. The number of nitrogens with one attached hydrogen (secondary N) is 2. The molecule has 65 heavy (non-hydrogen) atoms. The summed E-state index contributed by atoms with van der Waals surface area (Å²) in [6, 6.07) is 0. The lowest BCUT2D eigenvalue weighted by Gasteiger charge is -2.43. The second-order valence-corrected chi connectivity index (χ2v) is 19.2. The Hall–Kier alpha value is -5.52. The molecule has 354 valence electrons. The Morgan fingerprint density at radius 1 is 0.938 bits per heavy atom. The number of phenols is 1. The number of hydrogen-bond acceptors (Lipinski definition) is 15. The lowest BCUT2D eigenvalue weighted by atomic mass is 9.78. The number of hydrogen-bond donors (Lipinski definition) is 5. The van der Waals surface area contributed by atoms with Gasteiger partial charge in [-0.1, -0.05) is 45.9 Å². The predicted octanol–water partition coefficient (Wildman–Crippen LogP) is 4.94. The van der Waals surface area contributed by atoms with E-state index in [9.17, 15) is 39.3 Å². The number of aliphatic imine (C=N–C) groups is 1. The number of rotatable bonds is 2. The van der Waals surface area contributed by atoms with Gasteiger partial charge in [0.2, 0.25) is 5.78 Å². The van der Waals surface area contributed by atoms with Crippen LogP contribution in [0.2, 0.25) is 0 Å². The zero-order valence-corrected chi connectivity index (χ0v) is 39.4. The summed E-state index contributed by atoms with van der Waals surface area (Å²) in [4.78, 5) is 75.8. The van der Waals surface area contributed by atoms with Crippen molar-refractivity contribution in [3.05, 3.63) is 69.8 Å². The minimum Gasteiger partial charge on any atom is -0.507 e. The highest BCUT2D eigenvalue weighted by molar-refractivity contribution is 6.34. The fourth-order valence-corrected chi connectivity index (χ4v) is 9.24. The standard InChI is InChI=1S/C48H64N4O13/c1-23-14-13-15-24(2)44(59)50-36-35-34(51-48(22-49-35)17-19-52(20-18-48)45(60)65-46(8,9)10)31-32(40(36)57)39(56)28(6)42-33(31)43(58)47(11,64-42)62-21-16-30(61-12)25(3)41(63-29(7)53)27(5)38(55)26(4)37(23)54/h13-16,21,23,25-27,30,37-38,41,49,54-56H,17-20,22H2,1-12H3,(H,50,59)/b14-13+,21-16+,24-15-/t23-,25+,26+,27+,30-,37-,38+,41+,47-/m0/s1. The van der Waals surface area contributed by atoms with Gasteiger partial charge in [0.25, 0.3) is 11.7 Å². The number of aliphatic hydroxyl groups excluding tert-OH is 2. The SMILES string of the molecule is CO[C@H]1/C=C/O[C@@]2(C)Oc3c(C)c(O)c4c(c3C2=O)C2=NC3(CCN(C(=O)OC(C)(C)C)CC3)CNC2=C(NC(=O)/C(C)=C\C=C\[C@H](C)[C@H](O)[C@@H](C)[C@@H](O)[C@@H](C)[C@H](OC(C)=O)[C@@H]1C)C4=O. The Balaban J connectivity index is 1.49. The van der Waals surface area contributed by atoms with Gasteiger partial charge in [0, 0.05) is 81.0 Å². The number of aromatic hydroxyl groups is 1. The highest BCUT2D eigenvalue weighted by atomic mass is 16.7. The number of ether oxygens (including phenoxy) is 5. The van der Waals surface area contributed by atoms with Crippen LogP contribution in [-0.2, 0) is 28.5 Å². The van der Waals surface area contributed by atoms with Crippen LogP contribution in [0.3, 0.4) is 0 Å². The molecular formula is C48H64N4O13. The first-order valence-electron chi connectivity index (χ1n) is 22.2. The first kappa shape index (κ1) is 48.9. The van der Waals surface area contributed by atoms with Crippen molar-refractivity contribution >= 4 is 35.2 Å². The monoisotopic (exact) mass is 904 g/mol. The van der Waals surface area contributed by atoms with Crippen LogP contribution in [-0.4, -0.2) is 124 Å².